The molecule has 0 fully saturated rings. The first-order valence-corrected chi connectivity index (χ1v) is 7.47. The molecule has 0 saturated heterocycles. The summed E-state index contributed by atoms with van der Waals surface area (Å²) >= 11 is 1.57. The van der Waals surface area contributed by atoms with Crippen LogP contribution < -0.4 is 10.6 Å². The average Bonchev–Trinajstić information content (AvgIpc) is 2.57. The number of thioether (sulfide) groups is 1. The molecule has 0 saturated carbocycles. The second kappa shape index (κ2) is 5.69. The van der Waals surface area contributed by atoms with E-state index < -0.39 is 0 Å². The van der Waals surface area contributed by atoms with Gasteiger partial charge in [0, 0.05) is 4.90 Å². The number of hydrogen-bond donors (Lipinski definition) is 1. The molecule has 1 aliphatic heterocycles. The maximum atomic E-state index is 12.4. The Hall–Kier alpha value is -1.78. The molecule has 0 aliphatic carbocycles. The lowest BCUT2D eigenvalue weighted by molar-refractivity contribution is -0.118. The van der Waals surface area contributed by atoms with Crippen LogP contribution in [0.5, 0.6) is 0 Å². The van der Waals surface area contributed by atoms with Gasteiger partial charge in [0.15, 0.2) is 0 Å². The second-order valence-corrected chi connectivity index (χ2v) is 6.07. The van der Waals surface area contributed by atoms with Crippen LogP contribution in [0.15, 0.2) is 59.5 Å². The van der Waals surface area contributed by atoms with Crippen LogP contribution >= 0.6 is 11.8 Å². The number of para-hydroxylation sites is 1. The van der Waals surface area contributed by atoms with Crippen LogP contribution in [0, 0.1) is 0 Å². The first-order chi connectivity index (χ1) is 9.74. The Kier molecular flexibility index (Phi) is 3.76. The Balaban J connectivity index is 1.97. The van der Waals surface area contributed by atoms with Crippen LogP contribution in [0.1, 0.15) is 12.0 Å². The lowest BCUT2D eigenvalue weighted by Crippen LogP contribution is -2.32. The molecule has 0 aromatic heterocycles. The fourth-order valence-corrected chi connectivity index (χ4v) is 3.35. The number of benzene rings is 2. The highest BCUT2D eigenvalue weighted by molar-refractivity contribution is 8.00. The molecule has 1 amide bonds. The highest BCUT2D eigenvalue weighted by Crippen LogP contribution is 2.36. The van der Waals surface area contributed by atoms with Crippen molar-refractivity contribution in [3.63, 3.8) is 0 Å². The monoisotopic (exact) mass is 284 g/mol. The Morgan fingerprint density at radius 2 is 1.80 bits per heavy atom. The molecule has 0 bridgehead atoms. The molecular weight excluding hydrogens is 268 g/mol. The minimum absolute atomic E-state index is 0.0822. The van der Waals surface area contributed by atoms with E-state index in [4.69, 9.17) is 5.73 Å². The van der Waals surface area contributed by atoms with E-state index >= 15 is 0 Å². The molecule has 2 aromatic rings. The van der Waals surface area contributed by atoms with Gasteiger partial charge < -0.3 is 10.6 Å². The lowest BCUT2D eigenvalue weighted by atomic mass is 10.2. The third-order valence-electron chi connectivity index (χ3n) is 3.29. The summed E-state index contributed by atoms with van der Waals surface area (Å²) in [6.07, 6.45) is 0.367. The smallest absolute Gasteiger partial charge is 0.229 e. The molecule has 3 nitrogen and oxygen atoms in total. The SMILES string of the molecule is NC1CC(=O)N(Cc2ccccc2)c2ccccc2S1. The van der Waals surface area contributed by atoms with Crippen LogP contribution in [-0.4, -0.2) is 11.3 Å². The third-order valence-corrected chi connectivity index (χ3v) is 4.36. The predicted octanol–water partition coefficient (Wildman–Crippen LogP) is 3.00. The summed E-state index contributed by atoms with van der Waals surface area (Å²) in [5.41, 5.74) is 8.09. The summed E-state index contributed by atoms with van der Waals surface area (Å²) in [7, 11) is 0. The van der Waals surface area contributed by atoms with Gasteiger partial charge in [0.2, 0.25) is 5.91 Å². The van der Waals surface area contributed by atoms with Crippen LogP contribution in [0.4, 0.5) is 5.69 Å². The van der Waals surface area contributed by atoms with Crippen molar-refractivity contribution in [2.75, 3.05) is 4.90 Å². The standard InChI is InChI=1S/C16H16N2OS/c17-15-10-16(19)18(11-12-6-2-1-3-7-12)13-8-4-5-9-14(13)20-15/h1-9,15H,10-11,17H2. The van der Waals surface area contributed by atoms with E-state index in [1.165, 1.54) is 0 Å². The van der Waals surface area contributed by atoms with Gasteiger partial charge in [-0.25, -0.2) is 0 Å². The number of amides is 1. The summed E-state index contributed by atoms with van der Waals surface area (Å²) in [5.74, 6) is 0.0822. The van der Waals surface area contributed by atoms with Crippen LogP contribution in [0.25, 0.3) is 0 Å². The van der Waals surface area contributed by atoms with Crippen molar-refractivity contribution in [2.45, 2.75) is 23.2 Å². The van der Waals surface area contributed by atoms with Crippen molar-refractivity contribution in [1.29, 1.82) is 0 Å². The Labute approximate surface area is 122 Å². The number of hydrogen-bond acceptors (Lipinski definition) is 3. The first kappa shape index (κ1) is 13.2. The lowest BCUT2D eigenvalue weighted by Gasteiger charge is -2.22. The van der Waals surface area contributed by atoms with Crippen LogP contribution in [-0.2, 0) is 11.3 Å². The highest BCUT2D eigenvalue weighted by Gasteiger charge is 2.26. The average molecular weight is 284 g/mol. The van der Waals surface area contributed by atoms with Crippen molar-refractivity contribution in [3.05, 3.63) is 60.2 Å². The Morgan fingerprint density at radius 3 is 2.60 bits per heavy atom. The van der Waals surface area contributed by atoms with E-state index in [1.807, 2.05) is 59.5 Å². The molecule has 2 N–H and O–H groups in total. The zero-order valence-electron chi connectivity index (χ0n) is 11.0. The number of rotatable bonds is 2. The molecule has 3 rings (SSSR count). The topological polar surface area (TPSA) is 46.3 Å². The van der Waals surface area contributed by atoms with E-state index in [0.717, 1.165) is 16.1 Å². The van der Waals surface area contributed by atoms with Gasteiger partial charge in [0.25, 0.3) is 0 Å². The molecule has 1 atom stereocenters. The molecule has 102 valence electrons. The fourth-order valence-electron chi connectivity index (χ4n) is 2.34. The van der Waals surface area contributed by atoms with Gasteiger partial charge in [-0.1, -0.05) is 42.5 Å². The summed E-state index contributed by atoms with van der Waals surface area (Å²) < 4.78 is 0. The van der Waals surface area contributed by atoms with Gasteiger partial charge in [-0.2, -0.15) is 0 Å². The maximum absolute atomic E-state index is 12.4. The molecular formula is C16H16N2OS. The quantitative estimate of drug-likeness (QED) is 0.922. The number of anilines is 1. The molecule has 1 heterocycles. The molecule has 0 spiro atoms. The molecule has 0 radical (unpaired) electrons. The van der Waals surface area contributed by atoms with Gasteiger partial charge in [-0.3, -0.25) is 4.79 Å². The van der Waals surface area contributed by atoms with Gasteiger partial charge in [-0.05, 0) is 17.7 Å². The minimum atomic E-state index is -0.176. The molecule has 4 heteroatoms. The van der Waals surface area contributed by atoms with Gasteiger partial charge in [-0.15, -0.1) is 11.8 Å². The second-order valence-electron chi connectivity index (χ2n) is 4.79. The largest absolute Gasteiger partial charge is 0.319 e. The van der Waals surface area contributed by atoms with E-state index in [0.29, 0.717) is 13.0 Å². The normalized spacial score (nSPS) is 18.6. The van der Waals surface area contributed by atoms with Gasteiger partial charge in [0.1, 0.15) is 0 Å². The predicted molar refractivity (Wildman–Crippen MR) is 82.5 cm³/mol. The summed E-state index contributed by atoms with van der Waals surface area (Å²) in [5, 5.41) is -0.176. The van der Waals surface area contributed by atoms with Gasteiger partial charge >= 0.3 is 0 Å². The first-order valence-electron chi connectivity index (χ1n) is 6.59. The van der Waals surface area contributed by atoms with E-state index in [9.17, 15) is 4.79 Å². The number of carbonyl (C=O) groups excluding carboxylic acids is 1. The highest BCUT2D eigenvalue weighted by atomic mass is 32.2. The number of nitrogens with two attached hydrogens (primary N) is 1. The molecule has 1 unspecified atom stereocenters. The zero-order chi connectivity index (χ0) is 13.9. The number of fused-ring (bicyclic) bond motifs is 1. The van der Waals surface area contributed by atoms with Crippen LogP contribution in [0.2, 0.25) is 0 Å². The van der Waals surface area contributed by atoms with E-state index in [-0.39, 0.29) is 11.3 Å². The van der Waals surface area contributed by atoms with Crippen molar-refractivity contribution in [2.24, 2.45) is 5.73 Å². The Bertz CT molecular complexity index is 615. The van der Waals surface area contributed by atoms with E-state index in [1.54, 1.807) is 11.8 Å². The van der Waals surface area contributed by atoms with E-state index in [2.05, 4.69) is 0 Å². The molecule has 2 aromatic carbocycles. The summed E-state index contributed by atoms with van der Waals surface area (Å²) in [6, 6.07) is 18.0. The van der Waals surface area contributed by atoms with Crippen molar-refractivity contribution in [3.8, 4) is 0 Å². The van der Waals surface area contributed by atoms with Crippen molar-refractivity contribution < 1.29 is 4.79 Å². The number of carbonyl (C=O) groups is 1. The van der Waals surface area contributed by atoms with Crippen molar-refractivity contribution >= 4 is 23.4 Å². The van der Waals surface area contributed by atoms with Crippen molar-refractivity contribution in [1.82, 2.24) is 0 Å². The molecule has 20 heavy (non-hydrogen) atoms. The number of nitrogens with zero attached hydrogens (tertiary/aromatic N) is 1. The summed E-state index contributed by atoms with van der Waals surface area (Å²) in [4.78, 5) is 15.3. The fraction of sp³-hybridized carbons (Fsp3) is 0.188. The zero-order valence-corrected chi connectivity index (χ0v) is 11.8. The molecule has 1 aliphatic rings. The van der Waals surface area contributed by atoms with Gasteiger partial charge in [0.05, 0.1) is 24.0 Å². The summed E-state index contributed by atoms with van der Waals surface area (Å²) in [6.45, 7) is 0.587. The minimum Gasteiger partial charge on any atom is -0.319 e. The Morgan fingerprint density at radius 1 is 1.10 bits per heavy atom. The van der Waals surface area contributed by atoms with Crippen LogP contribution in [0.3, 0.4) is 0 Å². The third kappa shape index (κ3) is 2.71. The maximum Gasteiger partial charge on any atom is 0.229 e.